The molecule has 3 aromatic rings. The van der Waals surface area contributed by atoms with E-state index in [0.717, 1.165) is 22.7 Å². The Hall–Kier alpha value is -3.22. The summed E-state index contributed by atoms with van der Waals surface area (Å²) in [4.78, 5) is 12.1. The molecule has 0 fully saturated rings. The predicted molar refractivity (Wildman–Crippen MR) is 89.1 cm³/mol. The molecule has 1 N–H and O–H groups in total. The second-order valence-electron chi connectivity index (χ2n) is 5.10. The lowest BCUT2D eigenvalue weighted by molar-refractivity contribution is -0.115. The van der Waals surface area contributed by atoms with E-state index in [4.69, 9.17) is 4.74 Å². The van der Waals surface area contributed by atoms with Gasteiger partial charge in [-0.15, -0.1) is 5.10 Å². The summed E-state index contributed by atoms with van der Waals surface area (Å²) >= 11 is 0. The Kier molecular flexibility index (Phi) is 4.81. The third-order valence-electron chi connectivity index (χ3n) is 3.36. The first-order valence-electron chi connectivity index (χ1n) is 7.59. The number of tetrazole rings is 1. The Morgan fingerprint density at radius 3 is 2.50 bits per heavy atom. The van der Waals surface area contributed by atoms with Gasteiger partial charge < -0.3 is 10.1 Å². The summed E-state index contributed by atoms with van der Waals surface area (Å²) in [6.07, 6.45) is 1.82. The summed E-state index contributed by atoms with van der Waals surface area (Å²) in [5, 5.41) is 13.9. The molecule has 0 aliphatic heterocycles. The van der Waals surface area contributed by atoms with E-state index in [0.29, 0.717) is 13.0 Å². The summed E-state index contributed by atoms with van der Waals surface area (Å²) in [5.74, 6) is 0.731. The van der Waals surface area contributed by atoms with E-state index in [-0.39, 0.29) is 5.91 Å². The molecule has 7 nitrogen and oxygen atoms in total. The monoisotopic (exact) mass is 323 g/mol. The average Bonchev–Trinajstić information content (AvgIpc) is 3.12. The van der Waals surface area contributed by atoms with Crippen LogP contribution in [0.4, 0.5) is 5.69 Å². The summed E-state index contributed by atoms with van der Waals surface area (Å²) in [7, 11) is 0. The Morgan fingerprint density at radius 2 is 1.88 bits per heavy atom. The summed E-state index contributed by atoms with van der Waals surface area (Å²) < 4.78 is 6.93. The number of hydrogen-bond acceptors (Lipinski definition) is 5. The van der Waals surface area contributed by atoms with E-state index in [1.807, 2.05) is 55.5 Å². The van der Waals surface area contributed by atoms with Crippen molar-refractivity contribution in [3.05, 3.63) is 60.4 Å². The van der Waals surface area contributed by atoms with Crippen LogP contribution >= 0.6 is 0 Å². The largest absolute Gasteiger partial charge is 0.494 e. The molecule has 2 aromatic carbocycles. The number of carbonyl (C=O) groups excluding carboxylic acids is 1. The van der Waals surface area contributed by atoms with Crippen LogP contribution < -0.4 is 10.1 Å². The fraction of sp³-hybridized carbons (Fsp3) is 0.176. The molecule has 0 bridgehead atoms. The number of aromatic nitrogens is 4. The molecular weight excluding hydrogens is 306 g/mol. The molecule has 122 valence electrons. The van der Waals surface area contributed by atoms with Crippen LogP contribution in [-0.2, 0) is 11.2 Å². The first-order valence-corrected chi connectivity index (χ1v) is 7.59. The van der Waals surface area contributed by atoms with E-state index in [9.17, 15) is 4.79 Å². The lowest BCUT2D eigenvalue weighted by atomic mass is 10.1. The number of nitrogens with zero attached hydrogens (tertiary/aromatic N) is 4. The number of ether oxygens (including phenoxy) is 1. The molecule has 0 radical (unpaired) electrons. The maximum Gasteiger partial charge on any atom is 0.228 e. The van der Waals surface area contributed by atoms with Crippen LogP contribution in [-0.4, -0.2) is 32.7 Å². The van der Waals surface area contributed by atoms with Gasteiger partial charge in [0.1, 0.15) is 12.1 Å². The minimum Gasteiger partial charge on any atom is -0.494 e. The number of amides is 1. The topological polar surface area (TPSA) is 81.9 Å². The van der Waals surface area contributed by atoms with Gasteiger partial charge in [-0.25, -0.2) is 4.68 Å². The van der Waals surface area contributed by atoms with Crippen LogP contribution in [0.5, 0.6) is 5.75 Å². The van der Waals surface area contributed by atoms with Crippen molar-refractivity contribution in [3.8, 4) is 11.4 Å². The zero-order valence-electron chi connectivity index (χ0n) is 13.2. The maximum absolute atomic E-state index is 12.1. The van der Waals surface area contributed by atoms with E-state index in [2.05, 4.69) is 20.8 Å². The van der Waals surface area contributed by atoms with Crippen LogP contribution in [0.3, 0.4) is 0 Å². The first kappa shape index (κ1) is 15.7. The lowest BCUT2D eigenvalue weighted by Crippen LogP contribution is -2.14. The number of nitrogens with one attached hydrogen (secondary N) is 1. The average molecular weight is 323 g/mol. The number of carbonyl (C=O) groups is 1. The molecule has 1 aromatic heterocycles. The van der Waals surface area contributed by atoms with E-state index in [1.165, 1.54) is 6.33 Å². The van der Waals surface area contributed by atoms with Crippen LogP contribution in [0.1, 0.15) is 12.5 Å². The van der Waals surface area contributed by atoms with E-state index >= 15 is 0 Å². The molecule has 1 amide bonds. The maximum atomic E-state index is 12.1. The Morgan fingerprint density at radius 1 is 1.12 bits per heavy atom. The first-order chi connectivity index (χ1) is 11.7. The highest BCUT2D eigenvalue weighted by atomic mass is 16.5. The van der Waals surface area contributed by atoms with E-state index in [1.54, 1.807) is 4.68 Å². The van der Waals surface area contributed by atoms with Gasteiger partial charge in [0.05, 0.1) is 18.7 Å². The van der Waals surface area contributed by atoms with Gasteiger partial charge in [-0.1, -0.05) is 12.1 Å². The quantitative estimate of drug-likeness (QED) is 0.752. The molecule has 0 aliphatic carbocycles. The number of hydrogen-bond donors (Lipinski definition) is 1. The minimum absolute atomic E-state index is 0.0747. The van der Waals surface area contributed by atoms with Crippen LogP contribution in [0, 0.1) is 0 Å². The van der Waals surface area contributed by atoms with Gasteiger partial charge in [0.2, 0.25) is 5.91 Å². The third kappa shape index (κ3) is 3.95. The molecule has 1 heterocycles. The molecular formula is C17H17N5O2. The van der Waals surface area contributed by atoms with Crippen molar-refractivity contribution in [3.63, 3.8) is 0 Å². The van der Waals surface area contributed by atoms with Crippen molar-refractivity contribution in [2.75, 3.05) is 11.9 Å². The fourth-order valence-electron chi connectivity index (χ4n) is 2.24. The zero-order chi connectivity index (χ0) is 16.8. The standard InChI is InChI=1S/C17H17N5O2/c1-2-24-16-9-3-13(4-10-16)11-17(23)19-14-5-7-15(8-6-14)22-12-18-20-21-22/h3-10,12H,2,11H2,1H3,(H,19,23). The molecule has 0 atom stereocenters. The predicted octanol–water partition coefficient (Wildman–Crippen LogP) is 2.24. The van der Waals surface area contributed by atoms with Gasteiger partial charge in [0.25, 0.3) is 0 Å². The van der Waals surface area contributed by atoms with Crippen molar-refractivity contribution in [1.82, 2.24) is 20.2 Å². The van der Waals surface area contributed by atoms with Crippen molar-refractivity contribution < 1.29 is 9.53 Å². The van der Waals surface area contributed by atoms with Gasteiger partial charge >= 0.3 is 0 Å². The molecule has 0 saturated heterocycles. The van der Waals surface area contributed by atoms with E-state index < -0.39 is 0 Å². The molecule has 3 rings (SSSR count). The Balaban J connectivity index is 1.58. The SMILES string of the molecule is CCOc1ccc(CC(=O)Nc2ccc(-n3cnnn3)cc2)cc1. The Labute approximate surface area is 139 Å². The van der Waals surface area contributed by atoms with Crippen LogP contribution in [0.2, 0.25) is 0 Å². The molecule has 24 heavy (non-hydrogen) atoms. The lowest BCUT2D eigenvalue weighted by Gasteiger charge is -2.07. The van der Waals surface area contributed by atoms with Gasteiger partial charge in [-0.3, -0.25) is 4.79 Å². The highest BCUT2D eigenvalue weighted by Gasteiger charge is 2.05. The molecule has 0 unspecified atom stereocenters. The highest BCUT2D eigenvalue weighted by molar-refractivity contribution is 5.92. The fourth-order valence-corrected chi connectivity index (χ4v) is 2.24. The minimum atomic E-state index is -0.0747. The number of benzene rings is 2. The summed E-state index contributed by atoms with van der Waals surface area (Å²) in [6, 6.07) is 14.8. The number of rotatable bonds is 6. The molecule has 7 heteroatoms. The number of anilines is 1. The molecule has 0 aliphatic rings. The van der Waals surface area contributed by atoms with Gasteiger partial charge in [-0.05, 0) is 59.3 Å². The van der Waals surface area contributed by atoms with Crippen molar-refractivity contribution in [1.29, 1.82) is 0 Å². The van der Waals surface area contributed by atoms with Gasteiger partial charge in [0.15, 0.2) is 0 Å². The summed E-state index contributed by atoms with van der Waals surface area (Å²) in [5.41, 5.74) is 2.48. The summed E-state index contributed by atoms with van der Waals surface area (Å²) in [6.45, 7) is 2.56. The van der Waals surface area contributed by atoms with Crippen LogP contribution in [0.15, 0.2) is 54.9 Å². The third-order valence-corrected chi connectivity index (χ3v) is 3.36. The van der Waals surface area contributed by atoms with Crippen LogP contribution in [0.25, 0.3) is 5.69 Å². The van der Waals surface area contributed by atoms with Crippen molar-refractivity contribution in [2.45, 2.75) is 13.3 Å². The zero-order valence-corrected chi connectivity index (χ0v) is 13.2. The Bertz CT molecular complexity index is 783. The van der Waals surface area contributed by atoms with Gasteiger partial charge in [0, 0.05) is 5.69 Å². The van der Waals surface area contributed by atoms with Crippen molar-refractivity contribution in [2.24, 2.45) is 0 Å². The van der Waals surface area contributed by atoms with Crippen molar-refractivity contribution >= 4 is 11.6 Å². The highest BCUT2D eigenvalue weighted by Crippen LogP contribution is 2.15. The van der Waals surface area contributed by atoms with Gasteiger partial charge in [-0.2, -0.15) is 0 Å². The second-order valence-corrected chi connectivity index (χ2v) is 5.10. The second kappa shape index (κ2) is 7.36. The smallest absolute Gasteiger partial charge is 0.228 e. The normalized spacial score (nSPS) is 10.4. The molecule has 0 saturated carbocycles. The molecule has 0 spiro atoms.